The van der Waals surface area contributed by atoms with Crippen molar-refractivity contribution in [3.05, 3.63) is 33.9 Å². The van der Waals surface area contributed by atoms with Gasteiger partial charge in [0.05, 0.1) is 17.1 Å². The summed E-state index contributed by atoms with van der Waals surface area (Å²) in [5, 5.41) is 19.3. The lowest BCUT2D eigenvalue weighted by atomic mass is 10.2. The van der Waals surface area contributed by atoms with Gasteiger partial charge in [0.2, 0.25) is 0 Å². The lowest BCUT2D eigenvalue weighted by molar-refractivity contribution is -0.388. The number of aliphatic hydroxyl groups is 1. The van der Waals surface area contributed by atoms with E-state index in [9.17, 15) is 18.5 Å². The molecular weight excluding hydrogens is 226 g/mol. The maximum absolute atomic E-state index is 10.8. The Kier molecular flexibility index (Phi) is 3.03. The van der Waals surface area contributed by atoms with E-state index in [1.807, 2.05) is 0 Å². The quantitative estimate of drug-likeness (QED) is 0.441. The van der Waals surface area contributed by atoms with Crippen molar-refractivity contribution in [1.29, 1.82) is 0 Å². The average molecular weight is 233 g/mol. The first-order valence-electron chi connectivity index (χ1n) is 3.72. The Morgan fingerprint density at radius 3 is 2.40 bits per heavy atom. The molecule has 0 atom stereocenters. The Morgan fingerprint density at radius 2 is 2.00 bits per heavy atom. The minimum Gasteiger partial charge on any atom is -0.391 e. The van der Waals surface area contributed by atoms with Crippen molar-refractivity contribution in [2.24, 2.45) is 0 Å². The van der Waals surface area contributed by atoms with Crippen molar-refractivity contribution in [2.45, 2.75) is 11.5 Å². The molecule has 15 heavy (non-hydrogen) atoms. The van der Waals surface area contributed by atoms with Crippen LogP contribution in [0.4, 0.5) is 5.69 Å². The Bertz CT molecular complexity index is 494. The molecule has 0 aliphatic carbocycles. The van der Waals surface area contributed by atoms with Gasteiger partial charge in [0.15, 0.2) is 4.90 Å². The zero-order valence-electron chi connectivity index (χ0n) is 7.32. The molecule has 0 heterocycles. The molecule has 0 bridgehead atoms. The summed E-state index contributed by atoms with van der Waals surface area (Å²) in [6.45, 7) is -0.681. The van der Waals surface area contributed by atoms with Gasteiger partial charge in [0, 0.05) is 0 Å². The fourth-order valence-electron chi connectivity index (χ4n) is 1.11. The minimum atomic E-state index is -4.66. The van der Waals surface area contributed by atoms with Gasteiger partial charge in [-0.3, -0.25) is 14.7 Å². The molecule has 0 aromatic heterocycles. The van der Waals surface area contributed by atoms with Crippen LogP contribution in [-0.2, 0) is 16.7 Å². The van der Waals surface area contributed by atoms with Crippen LogP contribution in [0.3, 0.4) is 0 Å². The molecule has 8 heteroatoms. The molecule has 82 valence electrons. The van der Waals surface area contributed by atoms with Crippen LogP contribution in [0, 0.1) is 10.1 Å². The maximum Gasteiger partial charge on any atom is 0.301 e. The van der Waals surface area contributed by atoms with E-state index in [1.54, 1.807) is 0 Å². The molecule has 0 spiro atoms. The van der Waals surface area contributed by atoms with Gasteiger partial charge in [-0.2, -0.15) is 8.42 Å². The van der Waals surface area contributed by atoms with Crippen molar-refractivity contribution in [3.8, 4) is 0 Å². The number of benzene rings is 1. The Balaban J connectivity index is 3.60. The minimum absolute atomic E-state index is 0.171. The molecule has 0 saturated heterocycles. The molecule has 0 saturated carbocycles. The van der Waals surface area contributed by atoms with Gasteiger partial charge in [0.1, 0.15) is 0 Å². The number of rotatable bonds is 3. The fourth-order valence-corrected chi connectivity index (χ4v) is 1.81. The summed E-state index contributed by atoms with van der Waals surface area (Å²) >= 11 is 0. The molecule has 2 N–H and O–H groups in total. The van der Waals surface area contributed by atoms with Crippen molar-refractivity contribution in [1.82, 2.24) is 0 Å². The topological polar surface area (TPSA) is 118 Å². The summed E-state index contributed by atoms with van der Waals surface area (Å²) in [5.41, 5.74) is -0.974. The standard InChI is InChI=1S/C7H7NO6S/c9-4-5-2-1-3-6(15(12,13)14)7(5)8(10)11/h1-3,9H,4H2,(H,12,13,14). The van der Waals surface area contributed by atoms with Crippen molar-refractivity contribution in [3.63, 3.8) is 0 Å². The van der Waals surface area contributed by atoms with Crippen LogP contribution in [0.15, 0.2) is 23.1 Å². The molecular formula is C7H7NO6S. The summed E-state index contributed by atoms with van der Waals surface area (Å²) in [7, 11) is -4.66. The highest BCUT2D eigenvalue weighted by Crippen LogP contribution is 2.27. The third-order valence-electron chi connectivity index (χ3n) is 1.71. The number of hydrogen-bond acceptors (Lipinski definition) is 5. The lowest BCUT2D eigenvalue weighted by Gasteiger charge is -2.02. The van der Waals surface area contributed by atoms with Crippen LogP contribution in [0.2, 0.25) is 0 Å². The molecule has 1 rings (SSSR count). The number of aliphatic hydroxyl groups excluding tert-OH is 1. The zero-order chi connectivity index (χ0) is 11.6. The van der Waals surface area contributed by atoms with Crippen molar-refractivity contribution >= 4 is 15.8 Å². The molecule has 0 unspecified atom stereocenters. The van der Waals surface area contributed by atoms with E-state index in [0.717, 1.165) is 6.07 Å². The molecule has 0 aliphatic heterocycles. The van der Waals surface area contributed by atoms with Gasteiger partial charge in [0.25, 0.3) is 5.69 Å². The van der Waals surface area contributed by atoms with Crippen LogP contribution in [0.1, 0.15) is 5.56 Å². The van der Waals surface area contributed by atoms with E-state index in [-0.39, 0.29) is 5.56 Å². The van der Waals surface area contributed by atoms with Gasteiger partial charge in [-0.05, 0) is 12.1 Å². The number of nitro groups is 1. The number of nitrogens with zero attached hydrogens (tertiary/aromatic N) is 1. The van der Waals surface area contributed by atoms with E-state index in [2.05, 4.69) is 0 Å². The third-order valence-corrected chi connectivity index (χ3v) is 2.60. The summed E-state index contributed by atoms with van der Waals surface area (Å²) in [4.78, 5) is 8.78. The SMILES string of the molecule is O=[N+]([O-])c1c(CO)cccc1S(=O)(=O)O. The van der Waals surface area contributed by atoms with E-state index in [1.165, 1.54) is 12.1 Å². The highest BCUT2D eigenvalue weighted by Gasteiger charge is 2.26. The summed E-state index contributed by atoms with van der Waals surface area (Å²) in [6.07, 6.45) is 0. The van der Waals surface area contributed by atoms with Gasteiger partial charge in [-0.1, -0.05) is 6.07 Å². The molecule has 1 aromatic carbocycles. The van der Waals surface area contributed by atoms with Gasteiger partial charge < -0.3 is 5.11 Å². The number of nitro benzene ring substituents is 1. The van der Waals surface area contributed by atoms with Crippen LogP contribution in [0.25, 0.3) is 0 Å². The molecule has 0 aliphatic rings. The number of hydrogen-bond donors (Lipinski definition) is 2. The van der Waals surface area contributed by atoms with Crippen LogP contribution in [0.5, 0.6) is 0 Å². The Hall–Kier alpha value is -1.51. The first-order valence-corrected chi connectivity index (χ1v) is 5.16. The second-order valence-electron chi connectivity index (χ2n) is 2.65. The maximum atomic E-state index is 10.8. The predicted molar refractivity (Wildman–Crippen MR) is 48.8 cm³/mol. The second-order valence-corrected chi connectivity index (χ2v) is 4.04. The third kappa shape index (κ3) is 2.29. The van der Waals surface area contributed by atoms with Gasteiger partial charge in [-0.15, -0.1) is 0 Å². The smallest absolute Gasteiger partial charge is 0.301 e. The first kappa shape index (κ1) is 11.6. The molecule has 0 radical (unpaired) electrons. The fraction of sp³-hybridized carbons (Fsp3) is 0.143. The second kappa shape index (κ2) is 3.93. The van der Waals surface area contributed by atoms with Crippen LogP contribution >= 0.6 is 0 Å². The zero-order valence-corrected chi connectivity index (χ0v) is 8.14. The summed E-state index contributed by atoms with van der Waals surface area (Å²) in [5.74, 6) is 0. The normalized spacial score (nSPS) is 11.3. The Morgan fingerprint density at radius 1 is 1.40 bits per heavy atom. The van der Waals surface area contributed by atoms with Crippen molar-refractivity contribution in [2.75, 3.05) is 0 Å². The first-order chi connectivity index (χ1) is 6.88. The van der Waals surface area contributed by atoms with Crippen molar-refractivity contribution < 1.29 is 23.0 Å². The Labute approximate surface area is 84.9 Å². The van der Waals surface area contributed by atoms with Crippen LogP contribution < -0.4 is 0 Å². The molecule has 7 nitrogen and oxygen atoms in total. The van der Waals surface area contributed by atoms with E-state index in [4.69, 9.17) is 9.66 Å². The molecule has 0 amide bonds. The molecule has 0 fully saturated rings. The summed E-state index contributed by atoms with van der Waals surface area (Å²) in [6, 6.07) is 3.29. The largest absolute Gasteiger partial charge is 0.391 e. The van der Waals surface area contributed by atoms with E-state index < -0.39 is 32.2 Å². The van der Waals surface area contributed by atoms with E-state index >= 15 is 0 Å². The van der Waals surface area contributed by atoms with Gasteiger partial charge in [-0.25, -0.2) is 0 Å². The number of para-hydroxylation sites is 1. The predicted octanol–water partition coefficient (Wildman–Crippen LogP) is 0.334. The lowest BCUT2D eigenvalue weighted by Crippen LogP contribution is -2.06. The van der Waals surface area contributed by atoms with E-state index in [0.29, 0.717) is 0 Å². The monoisotopic (exact) mass is 233 g/mol. The average Bonchev–Trinajstić information content (AvgIpc) is 2.15. The van der Waals surface area contributed by atoms with Crippen LogP contribution in [-0.4, -0.2) is 23.0 Å². The molecule has 1 aromatic rings. The van der Waals surface area contributed by atoms with Gasteiger partial charge >= 0.3 is 10.1 Å². The highest BCUT2D eigenvalue weighted by atomic mass is 32.2. The highest BCUT2D eigenvalue weighted by molar-refractivity contribution is 7.86. The summed E-state index contributed by atoms with van der Waals surface area (Å²) < 4.78 is 30.3.